The van der Waals surface area contributed by atoms with Crippen LogP contribution in [-0.4, -0.2) is 37.8 Å². The molecule has 0 saturated heterocycles. The molecule has 0 heterocycles. The minimum atomic E-state index is -7.09. The summed E-state index contributed by atoms with van der Waals surface area (Å²) in [6.07, 6.45) is 2.35. The molecule has 1 rings (SSSR count). The van der Waals surface area contributed by atoms with Gasteiger partial charge >= 0.3 is 36.7 Å². The van der Waals surface area contributed by atoms with Crippen LogP contribution in [0.1, 0.15) is 51.5 Å². The fourth-order valence-corrected chi connectivity index (χ4v) is 4.08. The van der Waals surface area contributed by atoms with Gasteiger partial charge in [0.05, 0.1) is 0 Å². The van der Waals surface area contributed by atoms with Crippen LogP contribution < -0.4 is 4.18 Å². The van der Waals surface area contributed by atoms with Gasteiger partial charge in [0.2, 0.25) is 0 Å². The first-order chi connectivity index (χ1) is 13.9. The number of benzene rings is 1. The SMILES string of the molecule is CCC(C)CC(CC)c1ccc(OS(=O)(=O)C(F)(F)C(F)(F)C(F)(F)S(=O)(=O)O)cc1. The minimum Gasteiger partial charge on any atom is -0.378 e. The van der Waals surface area contributed by atoms with Crippen LogP contribution in [0.15, 0.2) is 24.3 Å². The molecule has 2 unspecified atom stereocenters. The summed E-state index contributed by atoms with van der Waals surface area (Å²) in [6, 6.07) is 4.37. The van der Waals surface area contributed by atoms with Gasteiger partial charge in [0.15, 0.2) is 0 Å². The summed E-state index contributed by atoms with van der Waals surface area (Å²) in [5, 5.41) is -13.5. The maximum absolute atomic E-state index is 13.8. The Labute approximate surface area is 176 Å². The molecule has 6 nitrogen and oxygen atoms in total. The molecule has 0 bridgehead atoms. The van der Waals surface area contributed by atoms with Crippen molar-refractivity contribution in [2.24, 2.45) is 5.92 Å². The van der Waals surface area contributed by atoms with E-state index >= 15 is 0 Å². The zero-order valence-corrected chi connectivity index (χ0v) is 18.3. The number of hydrogen-bond donors (Lipinski definition) is 1. The van der Waals surface area contributed by atoms with Crippen LogP contribution in [0.2, 0.25) is 0 Å². The summed E-state index contributed by atoms with van der Waals surface area (Å²) < 4.78 is 137. The fraction of sp³-hybridized carbons (Fsp3) is 0.647. The number of alkyl halides is 6. The lowest BCUT2D eigenvalue weighted by Crippen LogP contribution is -2.61. The highest BCUT2D eigenvalue weighted by atomic mass is 32.2. The summed E-state index contributed by atoms with van der Waals surface area (Å²) in [7, 11) is -13.9. The molecule has 0 spiro atoms. The molecule has 0 saturated carbocycles. The van der Waals surface area contributed by atoms with Gasteiger partial charge < -0.3 is 4.18 Å². The summed E-state index contributed by atoms with van der Waals surface area (Å²) in [5.74, 6) is -7.55. The van der Waals surface area contributed by atoms with Gasteiger partial charge in [0.25, 0.3) is 0 Å². The van der Waals surface area contributed by atoms with Crippen molar-refractivity contribution in [2.45, 2.75) is 62.4 Å². The summed E-state index contributed by atoms with van der Waals surface area (Å²) in [4.78, 5) is 0. The Hall–Kier alpha value is -1.54. The molecule has 31 heavy (non-hydrogen) atoms. The van der Waals surface area contributed by atoms with Crippen molar-refractivity contribution >= 4 is 20.2 Å². The molecule has 0 aliphatic heterocycles. The Morgan fingerprint density at radius 3 is 1.77 bits per heavy atom. The van der Waals surface area contributed by atoms with Crippen molar-refractivity contribution in [2.75, 3.05) is 0 Å². The topological polar surface area (TPSA) is 97.7 Å². The van der Waals surface area contributed by atoms with Crippen LogP contribution >= 0.6 is 0 Å². The van der Waals surface area contributed by atoms with E-state index in [0.717, 1.165) is 25.0 Å². The van der Waals surface area contributed by atoms with Crippen molar-refractivity contribution in [3.05, 3.63) is 29.8 Å². The molecule has 0 radical (unpaired) electrons. The Balaban J connectivity index is 3.21. The van der Waals surface area contributed by atoms with Gasteiger partial charge in [-0.25, -0.2) is 0 Å². The molecular weight excluding hydrogens is 478 g/mol. The van der Waals surface area contributed by atoms with Crippen LogP contribution in [0, 0.1) is 5.92 Å². The van der Waals surface area contributed by atoms with Crippen LogP contribution in [0.5, 0.6) is 5.75 Å². The third kappa shape index (κ3) is 5.28. The Kier molecular flexibility index (Phi) is 8.10. The highest BCUT2D eigenvalue weighted by Crippen LogP contribution is 2.51. The maximum Gasteiger partial charge on any atom is 0.450 e. The number of hydrogen-bond acceptors (Lipinski definition) is 5. The largest absolute Gasteiger partial charge is 0.450 e. The van der Waals surface area contributed by atoms with E-state index in [1.165, 1.54) is 12.1 Å². The lowest BCUT2D eigenvalue weighted by atomic mass is 9.87. The minimum absolute atomic E-state index is 0.0276. The number of rotatable bonds is 11. The fourth-order valence-electron chi connectivity index (χ4n) is 2.65. The van der Waals surface area contributed by atoms with E-state index < -0.39 is 42.4 Å². The zero-order chi connectivity index (χ0) is 24.5. The lowest BCUT2D eigenvalue weighted by molar-refractivity contribution is -0.247. The van der Waals surface area contributed by atoms with Gasteiger partial charge in [0.1, 0.15) is 5.75 Å². The first-order valence-corrected chi connectivity index (χ1v) is 11.8. The van der Waals surface area contributed by atoms with Gasteiger partial charge in [-0.1, -0.05) is 39.3 Å². The Morgan fingerprint density at radius 1 is 0.903 bits per heavy atom. The van der Waals surface area contributed by atoms with E-state index in [9.17, 15) is 43.2 Å². The van der Waals surface area contributed by atoms with E-state index in [-0.39, 0.29) is 5.92 Å². The molecule has 0 amide bonds. The van der Waals surface area contributed by atoms with Gasteiger partial charge in [0, 0.05) is 0 Å². The lowest BCUT2D eigenvalue weighted by Gasteiger charge is -2.29. The average Bonchev–Trinajstić information content (AvgIpc) is 2.64. The van der Waals surface area contributed by atoms with E-state index in [1.807, 2.05) is 20.8 Å². The summed E-state index contributed by atoms with van der Waals surface area (Å²) in [6.45, 7) is 5.89. The zero-order valence-electron chi connectivity index (χ0n) is 16.7. The molecule has 1 N–H and O–H groups in total. The van der Waals surface area contributed by atoms with Crippen molar-refractivity contribution < 1.29 is 51.9 Å². The third-order valence-electron chi connectivity index (χ3n) is 4.80. The van der Waals surface area contributed by atoms with Gasteiger partial charge in [-0.15, -0.1) is 0 Å². The molecule has 14 heteroatoms. The molecule has 0 aliphatic rings. The summed E-state index contributed by atoms with van der Waals surface area (Å²) >= 11 is 0. The van der Waals surface area contributed by atoms with Crippen LogP contribution in [0.25, 0.3) is 0 Å². The van der Waals surface area contributed by atoms with Gasteiger partial charge in [-0.05, 0) is 42.4 Å². The van der Waals surface area contributed by atoms with Gasteiger partial charge in [-0.3, -0.25) is 4.55 Å². The summed E-state index contributed by atoms with van der Waals surface area (Å²) in [5.41, 5.74) is 0.683. The molecule has 0 aromatic heterocycles. The molecule has 0 aliphatic carbocycles. The van der Waals surface area contributed by atoms with E-state index in [2.05, 4.69) is 4.18 Å². The molecule has 1 aromatic rings. The molecule has 180 valence electrons. The monoisotopic (exact) mass is 500 g/mol. The second-order valence-corrected chi connectivity index (χ2v) is 10.1. The van der Waals surface area contributed by atoms with Crippen LogP contribution in [-0.2, 0) is 20.2 Å². The Morgan fingerprint density at radius 2 is 1.39 bits per heavy atom. The van der Waals surface area contributed by atoms with Gasteiger partial charge in [-0.2, -0.15) is 43.2 Å². The standard InChI is InChI=1S/C17H22F6O6S2/c1-4-11(3)10-12(5-2)13-6-8-14(9-7-13)29-31(27,28)17(22,23)15(18,19)16(20,21)30(24,25)26/h6-9,11-12H,4-5,10H2,1-3H3,(H,24,25,26). The second-order valence-electron chi connectivity index (χ2n) is 7.04. The third-order valence-corrected chi connectivity index (χ3v) is 7.00. The predicted molar refractivity (Wildman–Crippen MR) is 99.5 cm³/mol. The maximum atomic E-state index is 13.8. The van der Waals surface area contributed by atoms with Crippen molar-refractivity contribution in [1.82, 2.24) is 0 Å². The van der Waals surface area contributed by atoms with Crippen molar-refractivity contribution in [3.8, 4) is 5.75 Å². The van der Waals surface area contributed by atoms with Crippen LogP contribution in [0.4, 0.5) is 26.3 Å². The molecule has 2 atom stereocenters. The van der Waals surface area contributed by atoms with E-state index in [4.69, 9.17) is 4.55 Å². The predicted octanol–water partition coefficient (Wildman–Crippen LogP) is 5.03. The van der Waals surface area contributed by atoms with Crippen molar-refractivity contribution in [3.63, 3.8) is 0 Å². The Bertz CT molecular complexity index is 961. The van der Waals surface area contributed by atoms with Crippen molar-refractivity contribution in [1.29, 1.82) is 0 Å². The quantitative estimate of drug-likeness (QED) is 0.260. The molecule has 1 aromatic carbocycles. The normalized spacial score (nSPS) is 16.1. The average molecular weight is 500 g/mol. The number of halogens is 6. The second kappa shape index (κ2) is 9.14. The van der Waals surface area contributed by atoms with E-state index in [1.54, 1.807) is 0 Å². The molecule has 0 fully saturated rings. The first kappa shape index (κ1) is 27.5. The molecular formula is C17H22F6O6S2. The highest BCUT2D eigenvalue weighted by molar-refractivity contribution is 7.88. The first-order valence-electron chi connectivity index (χ1n) is 9.00. The van der Waals surface area contributed by atoms with E-state index in [0.29, 0.717) is 17.9 Å². The smallest absolute Gasteiger partial charge is 0.378 e. The van der Waals surface area contributed by atoms with Crippen LogP contribution in [0.3, 0.4) is 0 Å². The highest BCUT2D eigenvalue weighted by Gasteiger charge is 2.83.